The minimum Gasteiger partial charge on any atom is -0.412 e. The summed E-state index contributed by atoms with van der Waals surface area (Å²) in [5.74, 6) is 0. The number of rotatable bonds is 4. The molecule has 0 radical (unpaired) electrons. The molecule has 4 rings (SSSR count). The molecule has 0 fully saturated rings. The normalized spacial score (nSPS) is 13.6. The molecule has 2 nitrogen and oxygen atoms in total. The first-order valence-corrected chi connectivity index (χ1v) is 14.6. The Bertz CT molecular complexity index is 1720. The van der Waals surface area contributed by atoms with Crippen LogP contribution in [0.4, 0.5) is 105 Å². The summed E-state index contributed by atoms with van der Waals surface area (Å²) in [6, 6.07) is -8.81. The molecule has 28 heteroatoms. The van der Waals surface area contributed by atoms with Gasteiger partial charge in [0.05, 0.1) is 44.5 Å². The Hall–Kier alpha value is -3.82. The molecule has 0 aliphatic heterocycles. The molecule has 0 bridgehead atoms. The van der Waals surface area contributed by atoms with Crippen molar-refractivity contribution in [2.75, 3.05) is 0 Å². The first-order valence-electron chi connectivity index (χ1n) is 14.6. The van der Waals surface area contributed by atoms with Gasteiger partial charge in [0.2, 0.25) is 0 Å². The van der Waals surface area contributed by atoms with Gasteiger partial charge >= 0.3 is 79.0 Å². The number of halogens is 24. The molecule has 0 spiro atoms. The summed E-state index contributed by atoms with van der Waals surface area (Å²) in [7, 11) is 0. The quantitative estimate of drug-likeness (QED) is 0.165. The van der Waals surface area contributed by atoms with Crippen LogP contribution in [0, 0.1) is 0 Å². The van der Waals surface area contributed by atoms with Crippen LogP contribution >= 0.6 is 0 Å². The molecule has 0 aliphatic carbocycles. The van der Waals surface area contributed by atoms with Gasteiger partial charge in [-0.3, -0.25) is 0 Å². The summed E-state index contributed by atoms with van der Waals surface area (Å²) in [5, 5.41) is 0. The fourth-order valence-corrected chi connectivity index (χ4v) is 6.07. The van der Waals surface area contributed by atoms with Crippen molar-refractivity contribution in [2.24, 2.45) is 0 Å². The van der Waals surface area contributed by atoms with E-state index in [9.17, 15) is 105 Å². The SMILES string of the molecule is FC(F)(F)c1cc([B-](c2cc(C(F)(F)F)cc(C(F)(F)F)c2)(c2cc(C(F)(F)F)cc(C(F)(F)F)c2)c2cc(C(F)(F)F)cc(C(F)(F)F)c2)cc(C(F)(F)F)c1.O.O.[Na+]. The van der Waals surface area contributed by atoms with Gasteiger partial charge < -0.3 is 11.0 Å². The van der Waals surface area contributed by atoms with Gasteiger partial charge in [-0.2, -0.15) is 127 Å². The minimum absolute atomic E-state index is 0. The van der Waals surface area contributed by atoms with Crippen molar-refractivity contribution in [2.45, 2.75) is 49.4 Å². The second kappa shape index (κ2) is 16.8. The van der Waals surface area contributed by atoms with E-state index >= 15 is 0 Å². The topological polar surface area (TPSA) is 63.0 Å². The van der Waals surface area contributed by atoms with E-state index in [0.717, 1.165) is 0 Å². The van der Waals surface area contributed by atoms with E-state index in [4.69, 9.17) is 0 Å². The molecule has 4 aromatic rings. The molecule has 328 valence electrons. The maximum absolute atomic E-state index is 14.2. The van der Waals surface area contributed by atoms with Crippen molar-refractivity contribution < 1.29 is 146 Å². The molecule has 0 saturated heterocycles. The van der Waals surface area contributed by atoms with Crippen LogP contribution in [-0.2, 0) is 49.4 Å². The Kier molecular flexibility index (Phi) is 15.2. The van der Waals surface area contributed by atoms with Crippen LogP contribution < -0.4 is 51.4 Å². The Morgan fingerprint density at radius 2 is 0.317 bits per heavy atom. The molecule has 0 aliphatic rings. The predicted octanol–water partition coefficient (Wildman–Crippen LogP) is 6.57. The summed E-state index contributed by atoms with van der Waals surface area (Å²) in [4.78, 5) is 0. The maximum atomic E-state index is 14.2. The van der Waals surface area contributed by atoms with Crippen LogP contribution in [0.2, 0.25) is 0 Å². The van der Waals surface area contributed by atoms with Crippen molar-refractivity contribution in [1.82, 2.24) is 0 Å². The van der Waals surface area contributed by atoms with Gasteiger partial charge in [0.25, 0.3) is 0 Å². The van der Waals surface area contributed by atoms with Crippen molar-refractivity contribution in [1.29, 1.82) is 0 Å². The zero-order valence-corrected chi connectivity index (χ0v) is 30.6. The van der Waals surface area contributed by atoms with Crippen LogP contribution in [0.15, 0.2) is 72.8 Å². The molecule has 0 aromatic heterocycles. The maximum Gasteiger partial charge on any atom is 1.00 e. The summed E-state index contributed by atoms with van der Waals surface area (Å²) >= 11 is 0. The van der Waals surface area contributed by atoms with Crippen LogP contribution in [-0.4, -0.2) is 17.1 Å². The van der Waals surface area contributed by atoms with Crippen molar-refractivity contribution >= 4 is 28.0 Å². The average molecular weight is 922 g/mol. The molecule has 0 atom stereocenters. The van der Waals surface area contributed by atoms with Gasteiger partial charge in [-0.15, -0.1) is 0 Å². The minimum atomic E-state index is -6.13. The van der Waals surface area contributed by atoms with Crippen LogP contribution in [0.25, 0.3) is 0 Å². The van der Waals surface area contributed by atoms with E-state index in [2.05, 4.69) is 0 Å². The van der Waals surface area contributed by atoms with Crippen LogP contribution in [0.3, 0.4) is 0 Å². The Labute approximate surface area is 340 Å². The molecule has 4 N–H and O–H groups in total. The van der Waals surface area contributed by atoms with E-state index in [1.54, 1.807) is 0 Å². The monoisotopic (exact) mass is 922 g/mol. The smallest absolute Gasteiger partial charge is 0.412 e. The van der Waals surface area contributed by atoms with Gasteiger partial charge in [0, 0.05) is 0 Å². The summed E-state index contributed by atoms with van der Waals surface area (Å²) < 4.78 is 341. The van der Waals surface area contributed by atoms with Gasteiger partial charge in [0.1, 0.15) is 6.15 Å². The van der Waals surface area contributed by atoms with Crippen LogP contribution in [0.1, 0.15) is 44.5 Å². The van der Waals surface area contributed by atoms with Gasteiger partial charge in [-0.1, -0.05) is 48.5 Å². The number of hydrogen-bond donors (Lipinski definition) is 0. The Morgan fingerprint density at radius 3 is 0.400 bits per heavy atom. The fraction of sp³-hybridized carbons (Fsp3) is 0.250. The van der Waals surface area contributed by atoms with Gasteiger partial charge in [-0.05, 0) is 24.3 Å². The number of benzene rings is 4. The predicted molar refractivity (Wildman–Crippen MR) is 157 cm³/mol. The molecule has 60 heavy (non-hydrogen) atoms. The van der Waals surface area contributed by atoms with Crippen LogP contribution in [0.5, 0.6) is 0 Å². The molecule has 0 saturated carbocycles. The summed E-state index contributed by atoms with van der Waals surface area (Å²) in [6.07, 6.45) is -54.8. The largest absolute Gasteiger partial charge is 1.00 e. The third kappa shape index (κ3) is 11.4. The van der Waals surface area contributed by atoms with Gasteiger partial charge in [0.15, 0.2) is 0 Å². The van der Waals surface area contributed by atoms with E-state index in [1.807, 2.05) is 0 Å². The van der Waals surface area contributed by atoms with E-state index in [-0.39, 0.29) is 40.5 Å². The molecule has 0 unspecified atom stereocenters. The molecular formula is C32H16BF24NaO2. The zero-order valence-electron chi connectivity index (χ0n) is 28.6. The molecular weight excluding hydrogens is 906 g/mol. The first kappa shape index (κ1) is 54.2. The molecule has 4 aromatic carbocycles. The van der Waals surface area contributed by atoms with E-state index in [1.165, 1.54) is 0 Å². The number of alkyl halides is 24. The van der Waals surface area contributed by atoms with Crippen molar-refractivity contribution in [3.05, 3.63) is 117 Å². The standard InChI is InChI=1S/C32H12BF24.Na.2H2O/c34-25(35,36)13-1-14(26(37,38)39)6-21(5-13)33(22-7-15(27(40,41)42)2-16(8-22)28(43,44)45,23-9-17(29(46,47)48)3-18(10-23)30(49,50)51)24-11-19(31(52,53)54)4-20(12-24)32(55,56)57;;;/h1-12H;;2*1H2/q-1;+1;;. The van der Waals surface area contributed by atoms with Crippen molar-refractivity contribution in [3.63, 3.8) is 0 Å². The number of hydrogen-bond acceptors (Lipinski definition) is 0. The average Bonchev–Trinajstić information content (AvgIpc) is 3.01. The van der Waals surface area contributed by atoms with Crippen molar-refractivity contribution in [3.8, 4) is 0 Å². The third-order valence-corrected chi connectivity index (χ3v) is 8.44. The molecule has 0 amide bonds. The summed E-state index contributed by atoms with van der Waals surface area (Å²) in [5.41, 5.74) is -30.2. The third-order valence-electron chi connectivity index (χ3n) is 8.44. The second-order valence-electron chi connectivity index (χ2n) is 12.2. The first-order chi connectivity index (χ1) is 25.3. The Morgan fingerprint density at radius 1 is 0.217 bits per heavy atom. The summed E-state index contributed by atoms with van der Waals surface area (Å²) in [6.45, 7) is 0. The van der Waals surface area contributed by atoms with Gasteiger partial charge in [-0.25, -0.2) is 0 Å². The van der Waals surface area contributed by atoms with E-state index in [0.29, 0.717) is 0 Å². The Balaban J connectivity index is 0.00000600. The molecule has 0 heterocycles. The zero-order chi connectivity index (χ0) is 43.9. The second-order valence-corrected chi connectivity index (χ2v) is 12.2. The van der Waals surface area contributed by atoms with E-state index < -0.39 is 195 Å². The fourth-order valence-electron chi connectivity index (χ4n) is 6.07.